The molecule has 2 N–H and O–H groups in total. The molecule has 3 rings (SSSR count). The van der Waals surface area contributed by atoms with Crippen molar-refractivity contribution in [3.63, 3.8) is 0 Å². The van der Waals surface area contributed by atoms with Crippen LogP contribution in [-0.2, 0) is 6.54 Å². The highest BCUT2D eigenvalue weighted by Gasteiger charge is 2.20. The van der Waals surface area contributed by atoms with E-state index in [-0.39, 0.29) is 16.6 Å². The topological polar surface area (TPSA) is 69.6 Å². The molecule has 0 aliphatic rings. The number of nitrogens with one attached hydrogen (secondary N) is 1. The van der Waals surface area contributed by atoms with Gasteiger partial charge in [0.15, 0.2) is 0 Å². The molecule has 144 valence electrons. The molecule has 0 fully saturated rings. The lowest BCUT2D eigenvalue weighted by Gasteiger charge is -2.21. The van der Waals surface area contributed by atoms with Crippen LogP contribution >= 0.6 is 22.9 Å². The predicted octanol–water partition coefficient (Wildman–Crippen LogP) is 5.82. The lowest BCUT2D eigenvalue weighted by atomic mass is 10.2. The minimum Gasteiger partial charge on any atom is -0.477 e. The first-order chi connectivity index (χ1) is 13.5. The molecule has 0 saturated carbocycles. The van der Waals surface area contributed by atoms with Crippen LogP contribution in [0.2, 0.25) is 5.02 Å². The van der Waals surface area contributed by atoms with Crippen LogP contribution in [0.1, 0.15) is 22.2 Å². The van der Waals surface area contributed by atoms with Crippen molar-refractivity contribution in [2.24, 2.45) is 0 Å². The van der Waals surface area contributed by atoms with E-state index in [0.717, 1.165) is 27.3 Å². The Kier molecular flexibility index (Phi) is 6.34. The summed E-state index contributed by atoms with van der Waals surface area (Å²) in [5.74, 6) is -1.08. The Hall–Kier alpha value is -2.83. The van der Waals surface area contributed by atoms with E-state index in [2.05, 4.69) is 5.32 Å². The maximum Gasteiger partial charge on any atom is 0.348 e. The number of hydrogen-bond acceptors (Lipinski definition) is 3. The quantitative estimate of drug-likeness (QED) is 0.533. The van der Waals surface area contributed by atoms with Crippen molar-refractivity contribution >= 4 is 40.6 Å². The Labute approximate surface area is 172 Å². The van der Waals surface area contributed by atoms with E-state index in [9.17, 15) is 14.7 Å². The highest BCUT2D eigenvalue weighted by atomic mass is 35.5. The molecule has 0 aliphatic carbocycles. The molecular weight excluding hydrogens is 396 g/mol. The van der Waals surface area contributed by atoms with Gasteiger partial charge in [-0.25, -0.2) is 9.59 Å². The minimum atomic E-state index is -1.08. The van der Waals surface area contributed by atoms with Gasteiger partial charge in [-0.3, -0.25) is 0 Å². The van der Waals surface area contributed by atoms with Gasteiger partial charge in [0.25, 0.3) is 0 Å². The number of carbonyl (C=O) groups excluding carboxylic acids is 1. The second-order valence-electron chi connectivity index (χ2n) is 6.10. The van der Waals surface area contributed by atoms with E-state index in [0.29, 0.717) is 18.1 Å². The predicted molar refractivity (Wildman–Crippen MR) is 113 cm³/mol. The molecule has 0 aliphatic heterocycles. The molecule has 0 atom stereocenters. The van der Waals surface area contributed by atoms with Crippen LogP contribution in [0.15, 0.2) is 60.7 Å². The number of anilines is 1. The molecule has 0 spiro atoms. The molecular formula is C21H19ClN2O3S. The number of carboxylic acid groups (broad SMARTS) is 1. The third-order valence-electron chi connectivity index (χ3n) is 4.16. The summed E-state index contributed by atoms with van der Waals surface area (Å²) < 4.78 is 0. The molecule has 28 heavy (non-hydrogen) atoms. The normalized spacial score (nSPS) is 10.5. The zero-order valence-corrected chi connectivity index (χ0v) is 16.8. The molecule has 7 heteroatoms. The van der Waals surface area contributed by atoms with Gasteiger partial charge < -0.3 is 15.3 Å². The maximum absolute atomic E-state index is 12.7. The van der Waals surface area contributed by atoms with E-state index in [1.54, 1.807) is 29.2 Å². The van der Waals surface area contributed by atoms with Crippen molar-refractivity contribution in [2.45, 2.75) is 13.5 Å². The number of rotatable bonds is 6. The van der Waals surface area contributed by atoms with Gasteiger partial charge >= 0.3 is 12.0 Å². The summed E-state index contributed by atoms with van der Waals surface area (Å²) in [6.45, 7) is 2.82. The van der Waals surface area contributed by atoms with Gasteiger partial charge in [-0.05, 0) is 36.2 Å². The average Bonchev–Trinajstić information content (AvgIpc) is 3.11. The summed E-state index contributed by atoms with van der Waals surface area (Å²) >= 11 is 7.14. The first kappa shape index (κ1) is 19.9. The van der Waals surface area contributed by atoms with Crippen molar-refractivity contribution in [3.8, 4) is 10.4 Å². The van der Waals surface area contributed by atoms with Crippen molar-refractivity contribution in [1.82, 2.24) is 4.90 Å². The number of hydrogen-bond donors (Lipinski definition) is 2. The van der Waals surface area contributed by atoms with Crippen LogP contribution in [0.5, 0.6) is 0 Å². The van der Waals surface area contributed by atoms with Gasteiger partial charge in [0.1, 0.15) is 4.88 Å². The summed E-state index contributed by atoms with van der Waals surface area (Å²) in [5, 5.41) is 12.9. The maximum atomic E-state index is 12.7. The first-order valence-electron chi connectivity index (χ1n) is 8.71. The molecule has 0 radical (unpaired) electrons. The number of aromatic carboxylic acids is 1. The molecule has 0 bridgehead atoms. The molecule has 3 aromatic rings. The summed E-state index contributed by atoms with van der Waals surface area (Å²) in [6.07, 6.45) is 0. The second-order valence-corrected chi connectivity index (χ2v) is 7.59. The Bertz CT molecular complexity index is 988. The van der Waals surface area contributed by atoms with Gasteiger partial charge in [0.05, 0.1) is 5.69 Å². The third kappa shape index (κ3) is 4.71. The highest BCUT2D eigenvalue weighted by molar-refractivity contribution is 7.18. The van der Waals surface area contributed by atoms with Crippen molar-refractivity contribution < 1.29 is 14.7 Å². The SMILES string of the molecule is CCN(Cc1ccccc1)C(=O)Nc1cc(-c2cccc(Cl)c2)sc1C(=O)O. The number of nitrogens with zero attached hydrogens (tertiary/aromatic N) is 1. The van der Waals surface area contributed by atoms with Crippen LogP contribution in [0.3, 0.4) is 0 Å². The van der Waals surface area contributed by atoms with Crippen molar-refractivity contribution in [1.29, 1.82) is 0 Å². The molecule has 0 saturated heterocycles. The average molecular weight is 415 g/mol. The van der Waals surface area contributed by atoms with E-state index in [4.69, 9.17) is 11.6 Å². The van der Waals surface area contributed by atoms with Crippen molar-refractivity contribution in [3.05, 3.63) is 76.1 Å². The zero-order chi connectivity index (χ0) is 20.1. The Morgan fingerprint density at radius 3 is 2.50 bits per heavy atom. The van der Waals surface area contributed by atoms with Crippen LogP contribution in [-0.4, -0.2) is 28.6 Å². The smallest absolute Gasteiger partial charge is 0.348 e. The van der Waals surface area contributed by atoms with Gasteiger partial charge in [0, 0.05) is 23.0 Å². The van der Waals surface area contributed by atoms with E-state index >= 15 is 0 Å². The third-order valence-corrected chi connectivity index (χ3v) is 5.57. The molecule has 2 amide bonds. The number of amides is 2. The fourth-order valence-electron chi connectivity index (χ4n) is 2.75. The Morgan fingerprint density at radius 2 is 1.86 bits per heavy atom. The highest BCUT2D eigenvalue weighted by Crippen LogP contribution is 2.36. The van der Waals surface area contributed by atoms with Gasteiger partial charge in [-0.1, -0.05) is 54.1 Å². The summed E-state index contributed by atoms with van der Waals surface area (Å²) in [5.41, 5.74) is 2.09. The monoisotopic (exact) mass is 414 g/mol. The lowest BCUT2D eigenvalue weighted by Crippen LogP contribution is -2.34. The second kappa shape index (κ2) is 8.91. The molecule has 0 unspecified atom stereocenters. The van der Waals surface area contributed by atoms with Crippen LogP contribution < -0.4 is 5.32 Å². The van der Waals surface area contributed by atoms with Crippen LogP contribution in [0.25, 0.3) is 10.4 Å². The summed E-state index contributed by atoms with van der Waals surface area (Å²) in [7, 11) is 0. The number of thiophene rings is 1. The van der Waals surface area contributed by atoms with Crippen LogP contribution in [0, 0.1) is 0 Å². The van der Waals surface area contributed by atoms with Crippen molar-refractivity contribution in [2.75, 3.05) is 11.9 Å². The lowest BCUT2D eigenvalue weighted by molar-refractivity contribution is 0.0703. The Balaban J connectivity index is 1.83. The van der Waals surface area contributed by atoms with Gasteiger partial charge in [0.2, 0.25) is 0 Å². The number of benzene rings is 2. The number of carbonyl (C=O) groups is 2. The van der Waals surface area contributed by atoms with Gasteiger partial charge in [-0.15, -0.1) is 11.3 Å². The zero-order valence-electron chi connectivity index (χ0n) is 15.2. The summed E-state index contributed by atoms with van der Waals surface area (Å²) in [4.78, 5) is 26.8. The molecule has 1 heterocycles. The molecule has 2 aromatic carbocycles. The minimum absolute atomic E-state index is 0.0825. The van der Waals surface area contributed by atoms with Crippen LogP contribution in [0.4, 0.5) is 10.5 Å². The molecule has 5 nitrogen and oxygen atoms in total. The fourth-order valence-corrected chi connectivity index (χ4v) is 3.89. The number of halogens is 1. The summed E-state index contributed by atoms with van der Waals surface area (Å²) in [6, 6.07) is 18.1. The number of carboxylic acids is 1. The molecule has 1 aromatic heterocycles. The standard InChI is InChI=1S/C21H19ClN2O3S/c1-2-24(13-14-7-4-3-5-8-14)21(27)23-17-12-18(28-19(17)20(25)26)15-9-6-10-16(22)11-15/h3-12H,2,13H2,1H3,(H,23,27)(H,25,26). The van der Waals surface area contributed by atoms with Gasteiger partial charge in [-0.2, -0.15) is 0 Å². The van der Waals surface area contributed by atoms with E-state index in [1.165, 1.54) is 0 Å². The fraction of sp³-hybridized carbons (Fsp3) is 0.143. The largest absolute Gasteiger partial charge is 0.477 e. The van der Waals surface area contributed by atoms with E-state index < -0.39 is 5.97 Å². The number of urea groups is 1. The Morgan fingerprint density at radius 1 is 1.11 bits per heavy atom. The first-order valence-corrected chi connectivity index (χ1v) is 9.90. The van der Waals surface area contributed by atoms with E-state index in [1.807, 2.05) is 43.3 Å².